The van der Waals surface area contributed by atoms with E-state index in [0.29, 0.717) is 18.7 Å². The average molecular weight is 339 g/mol. The SMILES string of the molecule is O=[N+]([O-])c1cc(F)cc(CNCc2ccccc2Br)c1. The van der Waals surface area contributed by atoms with Crippen LogP contribution in [-0.4, -0.2) is 4.92 Å². The summed E-state index contributed by atoms with van der Waals surface area (Å²) in [6.45, 7) is 0.950. The van der Waals surface area contributed by atoms with Crippen LogP contribution in [0.15, 0.2) is 46.9 Å². The van der Waals surface area contributed by atoms with Gasteiger partial charge in [0, 0.05) is 23.6 Å². The molecule has 0 spiro atoms. The number of hydrogen-bond acceptors (Lipinski definition) is 3. The maximum atomic E-state index is 13.3. The molecule has 1 N–H and O–H groups in total. The van der Waals surface area contributed by atoms with Crippen LogP contribution in [0, 0.1) is 15.9 Å². The van der Waals surface area contributed by atoms with Crippen LogP contribution < -0.4 is 5.32 Å². The standard InChI is InChI=1S/C14H12BrFN2O2/c15-14-4-2-1-3-11(14)9-17-8-10-5-12(16)7-13(6-10)18(19)20/h1-7,17H,8-9H2. The summed E-state index contributed by atoms with van der Waals surface area (Å²) in [5.74, 6) is -0.600. The van der Waals surface area contributed by atoms with Crippen LogP contribution in [0.3, 0.4) is 0 Å². The molecule has 2 rings (SSSR count). The molecule has 0 unspecified atom stereocenters. The molecule has 0 aromatic heterocycles. The van der Waals surface area contributed by atoms with Crippen molar-refractivity contribution in [3.8, 4) is 0 Å². The molecule has 0 saturated carbocycles. The third kappa shape index (κ3) is 3.85. The molecule has 104 valence electrons. The van der Waals surface area contributed by atoms with Crippen molar-refractivity contribution in [3.63, 3.8) is 0 Å². The van der Waals surface area contributed by atoms with E-state index < -0.39 is 10.7 Å². The van der Waals surface area contributed by atoms with Crippen LogP contribution in [0.4, 0.5) is 10.1 Å². The highest BCUT2D eigenvalue weighted by atomic mass is 79.9. The van der Waals surface area contributed by atoms with Crippen LogP contribution in [0.5, 0.6) is 0 Å². The predicted molar refractivity (Wildman–Crippen MR) is 77.7 cm³/mol. The van der Waals surface area contributed by atoms with Gasteiger partial charge in [0.25, 0.3) is 5.69 Å². The van der Waals surface area contributed by atoms with E-state index >= 15 is 0 Å². The minimum Gasteiger partial charge on any atom is -0.309 e. The third-order valence-corrected chi connectivity index (χ3v) is 3.53. The van der Waals surface area contributed by atoms with Gasteiger partial charge in [0.1, 0.15) is 5.82 Å². The Balaban J connectivity index is 2.01. The zero-order valence-electron chi connectivity index (χ0n) is 10.5. The highest BCUT2D eigenvalue weighted by Gasteiger charge is 2.09. The topological polar surface area (TPSA) is 55.2 Å². The van der Waals surface area contributed by atoms with Gasteiger partial charge >= 0.3 is 0 Å². The maximum Gasteiger partial charge on any atom is 0.272 e. The van der Waals surface area contributed by atoms with Crippen molar-refractivity contribution < 1.29 is 9.31 Å². The molecule has 0 fully saturated rings. The van der Waals surface area contributed by atoms with Crippen molar-refractivity contribution in [3.05, 3.63) is 74.0 Å². The number of halogens is 2. The molecule has 2 aromatic rings. The molecule has 0 amide bonds. The molecule has 0 aliphatic rings. The van der Waals surface area contributed by atoms with Gasteiger partial charge in [-0.1, -0.05) is 34.1 Å². The molecule has 4 nitrogen and oxygen atoms in total. The summed E-state index contributed by atoms with van der Waals surface area (Å²) >= 11 is 3.44. The quantitative estimate of drug-likeness (QED) is 0.666. The van der Waals surface area contributed by atoms with Crippen molar-refractivity contribution in [1.29, 1.82) is 0 Å². The van der Waals surface area contributed by atoms with Crippen LogP contribution >= 0.6 is 15.9 Å². The molecular weight excluding hydrogens is 327 g/mol. The van der Waals surface area contributed by atoms with E-state index in [-0.39, 0.29) is 5.69 Å². The largest absolute Gasteiger partial charge is 0.309 e. The van der Waals surface area contributed by atoms with Crippen LogP contribution in [0.1, 0.15) is 11.1 Å². The van der Waals surface area contributed by atoms with Gasteiger partial charge < -0.3 is 5.32 Å². The number of non-ortho nitro benzene ring substituents is 1. The van der Waals surface area contributed by atoms with E-state index in [1.54, 1.807) is 0 Å². The van der Waals surface area contributed by atoms with E-state index in [4.69, 9.17) is 0 Å². The van der Waals surface area contributed by atoms with Crippen LogP contribution in [0.25, 0.3) is 0 Å². The Bertz CT molecular complexity index is 634. The first kappa shape index (κ1) is 14.6. The van der Waals surface area contributed by atoms with Gasteiger partial charge in [-0.05, 0) is 23.3 Å². The molecule has 2 aromatic carbocycles. The smallest absolute Gasteiger partial charge is 0.272 e. The third-order valence-electron chi connectivity index (χ3n) is 2.76. The molecule has 0 aliphatic carbocycles. The van der Waals surface area contributed by atoms with E-state index in [2.05, 4.69) is 21.2 Å². The van der Waals surface area contributed by atoms with Gasteiger partial charge in [0.15, 0.2) is 0 Å². The fourth-order valence-corrected chi connectivity index (χ4v) is 2.25. The summed E-state index contributed by atoms with van der Waals surface area (Å²) in [7, 11) is 0. The molecule has 0 aliphatic heterocycles. The monoisotopic (exact) mass is 338 g/mol. The summed E-state index contributed by atoms with van der Waals surface area (Å²) in [5, 5.41) is 13.8. The second-order valence-corrected chi connectivity index (χ2v) is 5.12. The molecule has 0 heterocycles. The molecule has 20 heavy (non-hydrogen) atoms. The summed E-state index contributed by atoms with van der Waals surface area (Å²) in [4.78, 5) is 10.1. The minimum atomic E-state index is -0.600. The first-order chi connectivity index (χ1) is 9.56. The number of nitrogens with one attached hydrogen (secondary N) is 1. The molecule has 0 saturated heterocycles. The van der Waals surface area contributed by atoms with E-state index in [9.17, 15) is 14.5 Å². The van der Waals surface area contributed by atoms with E-state index in [1.165, 1.54) is 12.1 Å². The molecule has 0 bridgehead atoms. The highest BCUT2D eigenvalue weighted by molar-refractivity contribution is 9.10. The number of benzene rings is 2. The second kappa shape index (κ2) is 6.58. The Kier molecular flexibility index (Phi) is 4.81. The Labute approximate surface area is 123 Å². The van der Waals surface area contributed by atoms with Crippen molar-refractivity contribution >= 4 is 21.6 Å². The van der Waals surface area contributed by atoms with Gasteiger partial charge in [-0.15, -0.1) is 0 Å². The normalized spacial score (nSPS) is 10.5. The Hall–Kier alpha value is -1.79. The lowest BCUT2D eigenvalue weighted by molar-refractivity contribution is -0.385. The maximum absolute atomic E-state index is 13.3. The molecule has 0 radical (unpaired) electrons. The lowest BCUT2D eigenvalue weighted by Gasteiger charge is -2.07. The van der Waals surface area contributed by atoms with E-state index in [0.717, 1.165) is 16.1 Å². The average Bonchev–Trinajstić information content (AvgIpc) is 2.40. The summed E-state index contributed by atoms with van der Waals surface area (Å²) < 4.78 is 14.2. The number of hydrogen-bond donors (Lipinski definition) is 1. The van der Waals surface area contributed by atoms with Crippen LogP contribution in [0.2, 0.25) is 0 Å². The summed E-state index contributed by atoms with van der Waals surface area (Å²) in [6, 6.07) is 11.3. The number of nitro benzene ring substituents is 1. The first-order valence-electron chi connectivity index (χ1n) is 5.94. The number of nitrogens with zero attached hydrogens (tertiary/aromatic N) is 1. The zero-order chi connectivity index (χ0) is 14.5. The van der Waals surface area contributed by atoms with Gasteiger partial charge in [-0.25, -0.2) is 4.39 Å². The number of nitro groups is 1. The molecule has 6 heteroatoms. The van der Waals surface area contributed by atoms with Crippen molar-refractivity contribution in [2.24, 2.45) is 0 Å². The fraction of sp³-hybridized carbons (Fsp3) is 0.143. The second-order valence-electron chi connectivity index (χ2n) is 4.27. The predicted octanol–water partition coefficient (Wildman–Crippen LogP) is 3.79. The van der Waals surface area contributed by atoms with Crippen molar-refractivity contribution in [2.75, 3.05) is 0 Å². The fourth-order valence-electron chi connectivity index (χ4n) is 1.82. The lowest BCUT2D eigenvalue weighted by atomic mass is 10.2. The number of rotatable bonds is 5. The Morgan fingerprint density at radius 3 is 2.65 bits per heavy atom. The van der Waals surface area contributed by atoms with Crippen LogP contribution in [-0.2, 0) is 13.1 Å². The molecule has 0 atom stereocenters. The van der Waals surface area contributed by atoms with Crippen molar-refractivity contribution in [1.82, 2.24) is 5.32 Å². The zero-order valence-corrected chi connectivity index (χ0v) is 12.1. The highest BCUT2D eigenvalue weighted by Crippen LogP contribution is 2.17. The summed E-state index contributed by atoms with van der Waals surface area (Å²) in [6.07, 6.45) is 0. The Morgan fingerprint density at radius 1 is 1.20 bits per heavy atom. The van der Waals surface area contributed by atoms with Crippen molar-refractivity contribution in [2.45, 2.75) is 13.1 Å². The van der Waals surface area contributed by atoms with E-state index in [1.807, 2.05) is 24.3 Å². The van der Waals surface area contributed by atoms with Gasteiger partial charge in [0.2, 0.25) is 0 Å². The lowest BCUT2D eigenvalue weighted by Crippen LogP contribution is -2.13. The summed E-state index contributed by atoms with van der Waals surface area (Å²) in [5.41, 5.74) is 1.38. The first-order valence-corrected chi connectivity index (χ1v) is 6.73. The Morgan fingerprint density at radius 2 is 1.95 bits per heavy atom. The molecular formula is C14H12BrFN2O2. The minimum absolute atomic E-state index is 0.234. The van der Waals surface area contributed by atoms with Gasteiger partial charge in [0.05, 0.1) is 11.0 Å². The van der Waals surface area contributed by atoms with Gasteiger partial charge in [-0.2, -0.15) is 0 Å². The van der Waals surface area contributed by atoms with Gasteiger partial charge in [-0.3, -0.25) is 10.1 Å².